The number of para-hydroxylation sites is 1. The molecular weight excluding hydrogens is 396 g/mol. The third-order valence-corrected chi connectivity index (χ3v) is 6.11. The lowest BCUT2D eigenvalue weighted by Crippen LogP contribution is -2.32. The van der Waals surface area contributed by atoms with Crippen molar-refractivity contribution in [3.8, 4) is 11.5 Å². The summed E-state index contributed by atoms with van der Waals surface area (Å²) in [6, 6.07) is 5.24. The van der Waals surface area contributed by atoms with E-state index in [4.69, 9.17) is 14.5 Å². The lowest BCUT2D eigenvalue weighted by molar-refractivity contribution is -0.141. The normalized spacial score (nSPS) is 20.9. The third-order valence-electron chi connectivity index (χ3n) is 6.11. The second-order valence-corrected chi connectivity index (χ2v) is 7.93. The number of fused-ring (bicyclic) bond motifs is 3. The summed E-state index contributed by atoms with van der Waals surface area (Å²) in [6.07, 6.45) is 9.83. The smallest absolute Gasteiger partial charge is 0.315 e. The highest BCUT2D eigenvalue weighted by Gasteiger charge is 2.62. The first kappa shape index (κ1) is 20.9. The van der Waals surface area contributed by atoms with Crippen molar-refractivity contribution < 1.29 is 19.4 Å². The van der Waals surface area contributed by atoms with Crippen LogP contribution in [0.15, 0.2) is 29.1 Å². The number of hydrogen-bond donors (Lipinski definition) is 1. The topological polar surface area (TPSA) is 90.7 Å². The number of ether oxygens (including phenoxy) is 2. The van der Waals surface area contributed by atoms with Crippen molar-refractivity contribution in [1.29, 1.82) is 0 Å². The van der Waals surface area contributed by atoms with E-state index in [9.17, 15) is 14.7 Å². The Balaban J connectivity index is 1.79. The molecule has 1 fully saturated rings. The van der Waals surface area contributed by atoms with E-state index < -0.39 is 11.4 Å². The number of methoxy groups -OCH3 is 2. The molecule has 4 rings (SSSR count). The van der Waals surface area contributed by atoms with Crippen LogP contribution in [0.25, 0.3) is 18.2 Å². The zero-order valence-corrected chi connectivity index (χ0v) is 17.9. The number of unbranched alkanes of at least 4 members (excludes halogenated alkanes) is 1. The molecule has 162 valence electrons. The fourth-order valence-electron chi connectivity index (χ4n) is 4.25. The molecule has 7 nitrogen and oxygen atoms in total. The van der Waals surface area contributed by atoms with Crippen LogP contribution in [0.5, 0.6) is 11.5 Å². The van der Waals surface area contributed by atoms with Gasteiger partial charge in [-0.1, -0.05) is 31.6 Å². The van der Waals surface area contributed by atoms with Crippen LogP contribution < -0.4 is 15.0 Å². The van der Waals surface area contributed by atoms with Crippen molar-refractivity contribution in [2.24, 2.45) is 5.41 Å². The molecule has 2 aromatic rings. The molecule has 0 spiro atoms. The number of carboxylic acids is 1. The molecule has 1 saturated carbocycles. The molecule has 0 radical (unpaired) electrons. The average Bonchev–Trinajstić information content (AvgIpc) is 3.53. The second kappa shape index (κ2) is 8.06. The highest BCUT2D eigenvalue weighted by Crippen LogP contribution is 2.59. The number of nitrogens with zero attached hydrogens (tertiary/aromatic N) is 2. The molecule has 2 atom stereocenters. The lowest BCUT2D eigenvalue weighted by Gasteiger charge is -2.19. The van der Waals surface area contributed by atoms with Crippen molar-refractivity contribution >= 4 is 24.2 Å². The van der Waals surface area contributed by atoms with E-state index >= 15 is 0 Å². The molecular formula is C24H26N2O5. The Labute approximate surface area is 180 Å². The monoisotopic (exact) mass is 422 g/mol. The van der Waals surface area contributed by atoms with E-state index in [1.807, 2.05) is 30.4 Å². The number of benzene rings is 1. The summed E-state index contributed by atoms with van der Waals surface area (Å²) in [5, 5.41) is 9.60. The molecule has 1 aliphatic carbocycles. The van der Waals surface area contributed by atoms with Crippen LogP contribution in [-0.4, -0.2) is 34.8 Å². The van der Waals surface area contributed by atoms with Gasteiger partial charge in [0.1, 0.15) is 11.2 Å². The van der Waals surface area contributed by atoms with Gasteiger partial charge >= 0.3 is 5.97 Å². The molecule has 0 bridgehead atoms. The number of hydrogen-bond acceptors (Lipinski definition) is 5. The van der Waals surface area contributed by atoms with E-state index in [1.54, 1.807) is 30.9 Å². The Kier molecular flexibility index (Phi) is 5.43. The van der Waals surface area contributed by atoms with Crippen LogP contribution in [-0.2, 0) is 11.2 Å². The minimum atomic E-state index is -0.966. The van der Waals surface area contributed by atoms with E-state index in [0.717, 1.165) is 18.4 Å². The van der Waals surface area contributed by atoms with Gasteiger partial charge < -0.3 is 14.6 Å². The Bertz CT molecular complexity index is 1150. The predicted octanol–water partition coefficient (Wildman–Crippen LogP) is 3.82. The number of carboxylic acid groups (broad SMARTS) is 1. The van der Waals surface area contributed by atoms with Crippen LogP contribution in [0.2, 0.25) is 0 Å². The first-order valence-electron chi connectivity index (χ1n) is 10.4. The van der Waals surface area contributed by atoms with Gasteiger partial charge in [-0.15, -0.1) is 0 Å². The van der Waals surface area contributed by atoms with Crippen LogP contribution in [0, 0.1) is 5.41 Å². The second-order valence-electron chi connectivity index (χ2n) is 7.93. The number of aromatic nitrogens is 2. The summed E-state index contributed by atoms with van der Waals surface area (Å²) in [5.74, 6) is 0.837. The van der Waals surface area contributed by atoms with Crippen molar-refractivity contribution in [3.63, 3.8) is 0 Å². The first-order chi connectivity index (χ1) is 15.0. The van der Waals surface area contributed by atoms with E-state index in [-0.39, 0.29) is 11.6 Å². The van der Waals surface area contributed by atoms with Gasteiger partial charge in [0.25, 0.3) is 5.56 Å². The van der Waals surface area contributed by atoms with Crippen LogP contribution in [0.3, 0.4) is 0 Å². The van der Waals surface area contributed by atoms with Gasteiger partial charge in [0, 0.05) is 11.1 Å². The van der Waals surface area contributed by atoms with E-state index in [1.165, 1.54) is 0 Å². The lowest BCUT2D eigenvalue weighted by atomic mass is 10.0. The zero-order chi connectivity index (χ0) is 22.2. The first-order valence-corrected chi connectivity index (χ1v) is 10.4. The summed E-state index contributed by atoms with van der Waals surface area (Å²) in [4.78, 5) is 29.8. The Morgan fingerprint density at radius 1 is 1.32 bits per heavy atom. The standard InChI is InChI=1S/C24H26N2O5/c1-4-5-8-16-17(11-10-15-7-6-9-18(30-2)21(15)31-3)25-20-12-13-24(23(28)29)14-19(24)26(20)22(16)27/h6-7,9-13,19H,4-5,8,14H2,1-3H3,(H,28,29)/b11-10+. The molecule has 1 aliphatic heterocycles. The third kappa shape index (κ3) is 3.44. The largest absolute Gasteiger partial charge is 0.493 e. The zero-order valence-electron chi connectivity index (χ0n) is 17.9. The number of carbonyl (C=O) groups is 1. The highest BCUT2D eigenvalue weighted by atomic mass is 16.5. The van der Waals surface area contributed by atoms with Gasteiger partial charge in [-0.05, 0) is 43.6 Å². The number of aliphatic carboxylic acids is 1. The fourth-order valence-corrected chi connectivity index (χ4v) is 4.25. The van der Waals surface area contributed by atoms with Gasteiger partial charge in [-0.2, -0.15) is 0 Å². The van der Waals surface area contributed by atoms with Gasteiger partial charge in [0.2, 0.25) is 0 Å². The van der Waals surface area contributed by atoms with E-state index in [2.05, 4.69) is 6.92 Å². The molecule has 7 heteroatoms. The molecule has 1 N–H and O–H groups in total. The minimum Gasteiger partial charge on any atom is -0.493 e. The van der Waals surface area contributed by atoms with Crippen LogP contribution >= 0.6 is 0 Å². The maximum absolute atomic E-state index is 13.4. The van der Waals surface area contributed by atoms with Crippen molar-refractivity contribution in [3.05, 3.63) is 57.3 Å². The van der Waals surface area contributed by atoms with Gasteiger partial charge in [-0.25, -0.2) is 4.98 Å². The molecule has 0 amide bonds. The predicted molar refractivity (Wildman–Crippen MR) is 118 cm³/mol. The SMILES string of the molecule is CCCCc1c(/C=C/c2cccc(OC)c2OC)nc2n(c1=O)C1CC1(C(=O)O)C=C2. The van der Waals surface area contributed by atoms with Gasteiger partial charge in [0.05, 0.1) is 26.0 Å². The molecule has 31 heavy (non-hydrogen) atoms. The van der Waals surface area contributed by atoms with Crippen LogP contribution in [0.1, 0.15) is 54.9 Å². The Morgan fingerprint density at radius 3 is 2.81 bits per heavy atom. The van der Waals surface area contributed by atoms with E-state index in [0.29, 0.717) is 41.4 Å². The summed E-state index contributed by atoms with van der Waals surface area (Å²) in [6.45, 7) is 2.07. The summed E-state index contributed by atoms with van der Waals surface area (Å²) in [5.41, 5.74) is 0.915. The molecule has 0 saturated heterocycles. The highest BCUT2D eigenvalue weighted by molar-refractivity contribution is 5.84. The summed E-state index contributed by atoms with van der Waals surface area (Å²) >= 11 is 0. The Morgan fingerprint density at radius 2 is 2.13 bits per heavy atom. The molecule has 1 aromatic carbocycles. The molecule has 2 heterocycles. The van der Waals surface area contributed by atoms with Crippen LogP contribution in [0.4, 0.5) is 0 Å². The van der Waals surface area contributed by atoms with Crippen molar-refractivity contribution in [1.82, 2.24) is 9.55 Å². The summed E-state index contributed by atoms with van der Waals surface area (Å²) in [7, 11) is 3.17. The maximum Gasteiger partial charge on any atom is 0.315 e. The molecule has 2 unspecified atom stereocenters. The minimum absolute atomic E-state index is 0.145. The molecule has 1 aromatic heterocycles. The van der Waals surface area contributed by atoms with Crippen molar-refractivity contribution in [2.75, 3.05) is 14.2 Å². The quantitative estimate of drug-likeness (QED) is 0.696. The average molecular weight is 422 g/mol. The van der Waals surface area contributed by atoms with Crippen molar-refractivity contribution in [2.45, 2.75) is 38.6 Å². The molecule has 2 aliphatic rings. The van der Waals surface area contributed by atoms with Gasteiger partial charge in [-0.3, -0.25) is 14.2 Å². The Hall–Kier alpha value is -3.35. The fraction of sp³-hybridized carbons (Fsp3) is 0.375. The maximum atomic E-state index is 13.4. The number of rotatable bonds is 8. The van der Waals surface area contributed by atoms with Gasteiger partial charge in [0.15, 0.2) is 11.5 Å². The summed E-state index contributed by atoms with van der Waals surface area (Å²) < 4.78 is 12.4.